The molecule has 2 rings (SSSR count). The summed E-state index contributed by atoms with van der Waals surface area (Å²) in [5.41, 5.74) is 1.56. The van der Waals surface area contributed by atoms with Gasteiger partial charge in [-0.25, -0.2) is 9.37 Å². The van der Waals surface area contributed by atoms with Gasteiger partial charge in [0.1, 0.15) is 5.82 Å². The van der Waals surface area contributed by atoms with Gasteiger partial charge in [0, 0.05) is 29.3 Å². The van der Waals surface area contributed by atoms with Crippen molar-refractivity contribution >= 4 is 22.9 Å². The van der Waals surface area contributed by atoms with Crippen molar-refractivity contribution in [2.45, 2.75) is 39.0 Å². The predicted molar refractivity (Wildman–Crippen MR) is 84.2 cm³/mol. The average molecular weight is 306 g/mol. The van der Waals surface area contributed by atoms with E-state index in [1.165, 1.54) is 12.1 Å². The Kier molecular flexibility index (Phi) is 4.73. The number of hydrogen-bond acceptors (Lipinski definition) is 3. The number of nitrogens with one attached hydrogen (secondary N) is 1. The Morgan fingerprint density at radius 3 is 2.76 bits per heavy atom. The number of thiazole rings is 1. The lowest BCUT2D eigenvalue weighted by Gasteiger charge is -2.14. The Labute approximate surface area is 128 Å². The van der Waals surface area contributed by atoms with E-state index in [-0.39, 0.29) is 17.1 Å². The van der Waals surface area contributed by atoms with Crippen molar-refractivity contribution in [1.82, 2.24) is 4.98 Å². The zero-order valence-corrected chi connectivity index (χ0v) is 13.3. The maximum Gasteiger partial charge on any atom is 0.224 e. The van der Waals surface area contributed by atoms with Crippen molar-refractivity contribution in [2.75, 3.05) is 5.32 Å². The summed E-state index contributed by atoms with van der Waals surface area (Å²) in [5, 5.41) is 5.68. The Bertz CT molecular complexity index is 631. The number of aromatic nitrogens is 1. The Morgan fingerprint density at radius 2 is 2.14 bits per heavy atom. The van der Waals surface area contributed by atoms with Crippen molar-refractivity contribution in [3.63, 3.8) is 0 Å². The van der Waals surface area contributed by atoms with Crippen molar-refractivity contribution < 1.29 is 9.18 Å². The van der Waals surface area contributed by atoms with Gasteiger partial charge in [0.25, 0.3) is 0 Å². The van der Waals surface area contributed by atoms with E-state index in [1.807, 2.05) is 5.38 Å². The zero-order valence-electron chi connectivity index (χ0n) is 12.4. The lowest BCUT2D eigenvalue weighted by atomic mass is 9.93. The van der Waals surface area contributed by atoms with E-state index < -0.39 is 0 Å². The quantitative estimate of drug-likeness (QED) is 0.922. The first-order valence-corrected chi connectivity index (χ1v) is 7.73. The molecule has 0 spiro atoms. The van der Waals surface area contributed by atoms with Gasteiger partial charge in [-0.3, -0.25) is 4.79 Å². The summed E-state index contributed by atoms with van der Waals surface area (Å²) >= 11 is 1.58. The second-order valence-electron chi connectivity index (χ2n) is 5.94. The first kappa shape index (κ1) is 15.6. The second kappa shape index (κ2) is 6.35. The molecule has 0 aliphatic carbocycles. The number of hydrogen-bond donors (Lipinski definition) is 1. The molecule has 112 valence electrons. The summed E-state index contributed by atoms with van der Waals surface area (Å²) in [6.07, 6.45) is 0.940. The summed E-state index contributed by atoms with van der Waals surface area (Å²) in [6, 6.07) is 5.89. The Morgan fingerprint density at radius 1 is 1.38 bits per heavy atom. The highest BCUT2D eigenvalue weighted by molar-refractivity contribution is 7.09. The van der Waals surface area contributed by atoms with Crippen LogP contribution < -0.4 is 5.32 Å². The van der Waals surface area contributed by atoms with Crippen LogP contribution in [-0.2, 0) is 16.6 Å². The van der Waals surface area contributed by atoms with E-state index in [0.717, 1.165) is 10.7 Å². The third-order valence-corrected chi connectivity index (χ3v) is 3.90. The lowest BCUT2D eigenvalue weighted by molar-refractivity contribution is -0.116. The predicted octanol–water partition coefficient (Wildman–Crippen LogP) is 4.15. The van der Waals surface area contributed by atoms with Crippen LogP contribution in [0.1, 0.15) is 37.9 Å². The number of rotatable bonds is 4. The van der Waals surface area contributed by atoms with Crippen molar-refractivity contribution in [3.8, 4) is 0 Å². The van der Waals surface area contributed by atoms with Crippen LogP contribution in [-0.4, -0.2) is 10.9 Å². The van der Waals surface area contributed by atoms with E-state index in [4.69, 9.17) is 0 Å². The van der Waals surface area contributed by atoms with Crippen LogP contribution in [0.3, 0.4) is 0 Å². The number of amides is 1. The van der Waals surface area contributed by atoms with Gasteiger partial charge in [-0.15, -0.1) is 11.3 Å². The molecule has 0 saturated heterocycles. The van der Waals surface area contributed by atoms with E-state index in [9.17, 15) is 9.18 Å². The minimum absolute atomic E-state index is 0.0264. The molecule has 0 fully saturated rings. The molecular formula is C16H19FN2OS. The fourth-order valence-electron chi connectivity index (χ4n) is 1.78. The molecule has 0 aliphatic rings. The smallest absolute Gasteiger partial charge is 0.224 e. The average Bonchev–Trinajstić information content (AvgIpc) is 2.85. The van der Waals surface area contributed by atoms with Crippen molar-refractivity contribution in [3.05, 3.63) is 46.2 Å². The summed E-state index contributed by atoms with van der Waals surface area (Å²) in [5.74, 6) is -0.490. The molecule has 2 aromatic rings. The molecule has 0 radical (unpaired) electrons. The normalized spacial score (nSPS) is 11.4. The van der Waals surface area contributed by atoms with E-state index >= 15 is 0 Å². The highest BCUT2D eigenvalue weighted by atomic mass is 32.1. The van der Waals surface area contributed by atoms with Crippen molar-refractivity contribution in [1.29, 1.82) is 0 Å². The minimum Gasteiger partial charge on any atom is -0.326 e. The van der Waals surface area contributed by atoms with Gasteiger partial charge in [0.05, 0.1) is 10.7 Å². The molecule has 21 heavy (non-hydrogen) atoms. The third-order valence-electron chi connectivity index (χ3n) is 2.99. The third kappa shape index (κ3) is 4.63. The zero-order chi connectivity index (χ0) is 15.5. The highest BCUT2D eigenvalue weighted by Crippen LogP contribution is 2.24. The number of carbonyl (C=O) groups is 1. The molecular weight excluding hydrogens is 287 g/mol. The van der Waals surface area contributed by atoms with Gasteiger partial charge in [-0.1, -0.05) is 26.8 Å². The standard InChI is InChI=1S/C16H19FN2OS/c1-16(2,3)13-10-21-15(19-13)8-7-14(20)18-12-6-4-5-11(17)9-12/h4-6,9-10H,7-8H2,1-3H3,(H,18,20). The molecule has 1 N–H and O–H groups in total. The first-order valence-electron chi connectivity index (χ1n) is 6.85. The van der Waals surface area contributed by atoms with Gasteiger partial charge < -0.3 is 5.32 Å². The van der Waals surface area contributed by atoms with Crippen LogP contribution in [0.25, 0.3) is 0 Å². The largest absolute Gasteiger partial charge is 0.326 e. The number of anilines is 1. The maximum absolute atomic E-state index is 13.0. The van der Waals surface area contributed by atoms with Gasteiger partial charge >= 0.3 is 0 Å². The van der Waals surface area contributed by atoms with Crippen molar-refractivity contribution in [2.24, 2.45) is 0 Å². The molecule has 0 aliphatic heterocycles. The molecule has 0 atom stereocenters. The van der Waals surface area contributed by atoms with E-state index in [1.54, 1.807) is 23.5 Å². The first-order chi connectivity index (χ1) is 9.84. The monoisotopic (exact) mass is 306 g/mol. The molecule has 1 amide bonds. The molecule has 1 aromatic heterocycles. The van der Waals surface area contributed by atoms with Gasteiger partial charge in [-0.05, 0) is 18.2 Å². The Hall–Kier alpha value is -1.75. The van der Waals surface area contributed by atoms with Gasteiger partial charge in [0.2, 0.25) is 5.91 Å². The number of nitrogens with zero attached hydrogens (tertiary/aromatic N) is 1. The summed E-state index contributed by atoms with van der Waals surface area (Å²) in [6.45, 7) is 6.34. The molecule has 1 heterocycles. The van der Waals surface area contributed by atoms with Crippen LogP contribution in [0.2, 0.25) is 0 Å². The molecule has 0 saturated carbocycles. The summed E-state index contributed by atoms with van der Waals surface area (Å²) < 4.78 is 13.0. The fourth-order valence-corrected chi connectivity index (χ4v) is 2.81. The molecule has 3 nitrogen and oxygen atoms in total. The van der Waals surface area contributed by atoms with E-state index in [0.29, 0.717) is 18.5 Å². The van der Waals surface area contributed by atoms with Crippen LogP contribution in [0.15, 0.2) is 29.6 Å². The topological polar surface area (TPSA) is 42.0 Å². The van der Waals surface area contributed by atoms with Gasteiger partial charge in [0.15, 0.2) is 0 Å². The number of benzene rings is 1. The van der Waals surface area contributed by atoms with Crippen LogP contribution >= 0.6 is 11.3 Å². The summed E-state index contributed by atoms with van der Waals surface area (Å²) in [7, 11) is 0. The number of carbonyl (C=O) groups excluding carboxylic acids is 1. The fraction of sp³-hybridized carbons (Fsp3) is 0.375. The number of aryl methyl sites for hydroxylation is 1. The molecule has 5 heteroatoms. The highest BCUT2D eigenvalue weighted by Gasteiger charge is 2.17. The maximum atomic E-state index is 13.0. The van der Waals surface area contributed by atoms with E-state index in [2.05, 4.69) is 31.1 Å². The summed E-state index contributed by atoms with van der Waals surface area (Å²) in [4.78, 5) is 16.4. The molecule has 0 unspecified atom stereocenters. The Balaban J connectivity index is 1.88. The molecule has 0 bridgehead atoms. The lowest BCUT2D eigenvalue weighted by Crippen LogP contribution is -2.13. The minimum atomic E-state index is -0.359. The van der Waals surface area contributed by atoms with Gasteiger partial charge in [-0.2, -0.15) is 0 Å². The second-order valence-corrected chi connectivity index (χ2v) is 6.88. The SMILES string of the molecule is CC(C)(C)c1csc(CCC(=O)Nc2cccc(F)c2)n1. The molecule has 1 aromatic carbocycles. The number of halogens is 1. The van der Waals surface area contributed by atoms with Crippen LogP contribution in [0.4, 0.5) is 10.1 Å². The van der Waals surface area contributed by atoms with Crippen LogP contribution in [0.5, 0.6) is 0 Å². The van der Waals surface area contributed by atoms with Crippen LogP contribution in [0, 0.1) is 5.82 Å².